The molecule has 0 spiro atoms. The van der Waals surface area contributed by atoms with E-state index in [-0.39, 0.29) is 19.4 Å². The number of rotatable bonds is 8. The first-order valence-electron chi connectivity index (χ1n) is 9.57. The SMILES string of the molecule is CC(C)OC(=O)OC(=O)[C@H](CCC(=O)OCc1ccccc1)NC(=O)OC(C)(C)C. The van der Waals surface area contributed by atoms with Gasteiger partial charge in [0.05, 0.1) is 6.10 Å². The summed E-state index contributed by atoms with van der Waals surface area (Å²) < 4.78 is 19.6. The molecule has 0 radical (unpaired) electrons. The van der Waals surface area contributed by atoms with E-state index in [4.69, 9.17) is 14.2 Å². The summed E-state index contributed by atoms with van der Waals surface area (Å²) in [5.41, 5.74) is 0.00844. The van der Waals surface area contributed by atoms with Crippen molar-refractivity contribution in [3.63, 3.8) is 0 Å². The molecule has 0 aliphatic rings. The van der Waals surface area contributed by atoms with Crippen LogP contribution < -0.4 is 5.32 Å². The molecule has 9 nitrogen and oxygen atoms in total. The molecule has 1 aromatic carbocycles. The molecule has 0 bridgehead atoms. The Kier molecular flexibility index (Phi) is 9.80. The highest BCUT2D eigenvalue weighted by Gasteiger charge is 2.28. The minimum absolute atomic E-state index is 0.0784. The molecule has 0 fully saturated rings. The molecule has 1 N–H and O–H groups in total. The van der Waals surface area contributed by atoms with Gasteiger partial charge < -0.3 is 24.3 Å². The van der Waals surface area contributed by atoms with Crippen LogP contribution in [-0.4, -0.2) is 41.9 Å². The van der Waals surface area contributed by atoms with Crippen LogP contribution in [0.15, 0.2) is 30.3 Å². The zero-order chi connectivity index (χ0) is 22.7. The van der Waals surface area contributed by atoms with Crippen LogP contribution in [0.5, 0.6) is 0 Å². The Balaban J connectivity index is 2.66. The van der Waals surface area contributed by atoms with Crippen molar-refractivity contribution in [2.45, 2.75) is 71.8 Å². The fraction of sp³-hybridized carbons (Fsp3) is 0.524. The molecule has 0 aliphatic heterocycles. The minimum atomic E-state index is -1.30. The van der Waals surface area contributed by atoms with Crippen molar-refractivity contribution in [1.29, 1.82) is 0 Å². The maximum atomic E-state index is 12.3. The maximum absolute atomic E-state index is 12.3. The second kappa shape index (κ2) is 11.8. The van der Waals surface area contributed by atoms with Crippen molar-refractivity contribution in [2.75, 3.05) is 0 Å². The third-order valence-electron chi connectivity index (χ3n) is 3.37. The molecule has 0 aliphatic carbocycles. The van der Waals surface area contributed by atoms with Crippen LogP contribution in [0.4, 0.5) is 9.59 Å². The fourth-order valence-corrected chi connectivity index (χ4v) is 2.14. The molecule has 0 saturated heterocycles. The second-order valence-electron chi connectivity index (χ2n) is 7.72. The van der Waals surface area contributed by atoms with Crippen molar-refractivity contribution >= 4 is 24.2 Å². The molecule has 0 unspecified atom stereocenters. The zero-order valence-corrected chi connectivity index (χ0v) is 17.9. The molecule has 1 rings (SSSR count). The van der Waals surface area contributed by atoms with Gasteiger partial charge in [0.1, 0.15) is 18.2 Å². The van der Waals surface area contributed by atoms with Gasteiger partial charge in [-0.2, -0.15) is 0 Å². The Morgan fingerprint density at radius 3 is 2.23 bits per heavy atom. The molecule has 1 aromatic rings. The van der Waals surface area contributed by atoms with Gasteiger partial charge in [-0.1, -0.05) is 30.3 Å². The number of hydrogen-bond donors (Lipinski definition) is 1. The van der Waals surface area contributed by atoms with E-state index in [9.17, 15) is 19.2 Å². The van der Waals surface area contributed by atoms with E-state index in [0.29, 0.717) is 0 Å². The lowest BCUT2D eigenvalue weighted by atomic mass is 10.1. The first-order valence-corrected chi connectivity index (χ1v) is 9.57. The average Bonchev–Trinajstić information content (AvgIpc) is 2.61. The van der Waals surface area contributed by atoms with Gasteiger partial charge in [0, 0.05) is 6.42 Å². The highest BCUT2D eigenvalue weighted by molar-refractivity contribution is 5.88. The van der Waals surface area contributed by atoms with Gasteiger partial charge in [0.15, 0.2) is 0 Å². The number of carbonyl (C=O) groups is 4. The summed E-state index contributed by atoms with van der Waals surface area (Å²) in [7, 11) is 0. The molecule has 1 atom stereocenters. The number of esters is 2. The van der Waals surface area contributed by atoms with Gasteiger partial charge in [-0.25, -0.2) is 14.4 Å². The van der Waals surface area contributed by atoms with Gasteiger partial charge in [-0.3, -0.25) is 4.79 Å². The largest absolute Gasteiger partial charge is 0.516 e. The van der Waals surface area contributed by atoms with Gasteiger partial charge in [-0.15, -0.1) is 0 Å². The Morgan fingerprint density at radius 1 is 1.03 bits per heavy atom. The van der Waals surface area contributed by atoms with E-state index < -0.39 is 41.9 Å². The van der Waals surface area contributed by atoms with E-state index >= 15 is 0 Å². The maximum Gasteiger partial charge on any atom is 0.516 e. The van der Waals surface area contributed by atoms with E-state index in [2.05, 4.69) is 10.1 Å². The van der Waals surface area contributed by atoms with Crippen LogP contribution in [-0.2, 0) is 35.1 Å². The normalized spacial score (nSPS) is 11.9. The molecule has 9 heteroatoms. The summed E-state index contributed by atoms with van der Waals surface area (Å²) in [6.07, 6.45) is -2.92. The minimum Gasteiger partial charge on any atom is -0.461 e. The zero-order valence-electron chi connectivity index (χ0n) is 17.9. The number of benzene rings is 1. The predicted molar refractivity (Wildman–Crippen MR) is 106 cm³/mol. The summed E-state index contributed by atoms with van der Waals surface area (Å²) in [6, 6.07) is 7.78. The third-order valence-corrected chi connectivity index (χ3v) is 3.37. The van der Waals surface area contributed by atoms with E-state index in [0.717, 1.165) is 5.56 Å². The lowest BCUT2D eigenvalue weighted by molar-refractivity contribution is -0.146. The van der Waals surface area contributed by atoms with Gasteiger partial charge >= 0.3 is 24.2 Å². The summed E-state index contributed by atoms with van der Waals surface area (Å²) in [6.45, 7) is 8.22. The Morgan fingerprint density at radius 2 is 1.67 bits per heavy atom. The third kappa shape index (κ3) is 11.0. The van der Waals surface area contributed by atoms with Crippen LogP contribution in [0.3, 0.4) is 0 Å². The van der Waals surface area contributed by atoms with Crippen LogP contribution in [0, 0.1) is 0 Å². The van der Waals surface area contributed by atoms with Crippen LogP contribution in [0.25, 0.3) is 0 Å². The molecular formula is C21H29NO8. The summed E-state index contributed by atoms with van der Waals surface area (Å²) in [4.78, 5) is 47.9. The molecule has 166 valence electrons. The average molecular weight is 423 g/mol. The Labute approximate surface area is 176 Å². The number of nitrogens with one attached hydrogen (secondary N) is 1. The summed E-state index contributed by atoms with van der Waals surface area (Å²) >= 11 is 0. The van der Waals surface area contributed by atoms with Crippen molar-refractivity contribution < 1.29 is 38.1 Å². The monoisotopic (exact) mass is 423 g/mol. The number of ether oxygens (including phenoxy) is 4. The van der Waals surface area contributed by atoms with E-state index in [1.807, 2.05) is 18.2 Å². The molecule has 30 heavy (non-hydrogen) atoms. The van der Waals surface area contributed by atoms with Crippen LogP contribution in [0.2, 0.25) is 0 Å². The smallest absolute Gasteiger partial charge is 0.461 e. The Bertz CT molecular complexity index is 724. The molecule has 0 aromatic heterocycles. The van der Waals surface area contributed by atoms with Gasteiger partial charge in [0.25, 0.3) is 0 Å². The fourth-order valence-electron chi connectivity index (χ4n) is 2.14. The molecule has 0 heterocycles. The number of carbonyl (C=O) groups excluding carboxylic acids is 4. The highest BCUT2D eigenvalue weighted by Crippen LogP contribution is 2.10. The van der Waals surface area contributed by atoms with Crippen molar-refractivity contribution in [2.24, 2.45) is 0 Å². The highest BCUT2D eigenvalue weighted by atomic mass is 16.7. The quantitative estimate of drug-likeness (QED) is 0.384. The topological polar surface area (TPSA) is 117 Å². The second-order valence-corrected chi connectivity index (χ2v) is 7.72. The van der Waals surface area contributed by atoms with Crippen molar-refractivity contribution in [3.8, 4) is 0 Å². The van der Waals surface area contributed by atoms with E-state index in [1.54, 1.807) is 46.8 Å². The van der Waals surface area contributed by atoms with E-state index in [1.165, 1.54) is 0 Å². The van der Waals surface area contributed by atoms with Crippen molar-refractivity contribution in [1.82, 2.24) is 5.32 Å². The lowest BCUT2D eigenvalue weighted by Crippen LogP contribution is -2.45. The predicted octanol–water partition coefficient (Wildman–Crippen LogP) is 3.49. The summed E-state index contributed by atoms with van der Waals surface area (Å²) in [5, 5.41) is 2.31. The Hall–Kier alpha value is -3.10. The number of hydrogen-bond acceptors (Lipinski definition) is 8. The molecule has 1 amide bonds. The number of amides is 1. The van der Waals surface area contributed by atoms with Gasteiger partial charge in [-0.05, 0) is 46.6 Å². The van der Waals surface area contributed by atoms with Crippen LogP contribution >= 0.6 is 0 Å². The molecular weight excluding hydrogens is 394 g/mol. The molecule has 0 saturated carbocycles. The standard InChI is InChI=1S/C21H29NO8/c1-14(2)28-20(26)29-18(24)16(22-19(25)30-21(3,4)5)11-12-17(23)27-13-15-9-7-6-8-10-15/h6-10,14,16H,11-13H2,1-5H3,(H,22,25)/t16-/m0/s1. The first kappa shape index (κ1) is 24.9. The van der Waals surface area contributed by atoms with Crippen molar-refractivity contribution in [3.05, 3.63) is 35.9 Å². The lowest BCUT2D eigenvalue weighted by Gasteiger charge is -2.22. The number of alkyl carbamates (subject to hydrolysis) is 1. The van der Waals surface area contributed by atoms with Gasteiger partial charge in [0.2, 0.25) is 0 Å². The summed E-state index contributed by atoms with van der Waals surface area (Å²) in [5.74, 6) is -1.64. The first-order chi connectivity index (χ1) is 14.0. The van der Waals surface area contributed by atoms with Crippen LogP contribution in [0.1, 0.15) is 53.0 Å².